The zero-order valence-corrected chi connectivity index (χ0v) is 14.2. The number of hydrogen-bond acceptors (Lipinski definition) is 2. The number of hydrogen-bond donors (Lipinski definition) is 2. The van der Waals surface area contributed by atoms with E-state index in [1.54, 1.807) is 30.0 Å². The van der Waals surface area contributed by atoms with Crippen molar-refractivity contribution in [1.29, 1.82) is 0 Å². The molecule has 2 N–H and O–H groups in total. The van der Waals surface area contributed by atoms with Crippen molar-refractivity contribution < 1.29 is 14.0 Å². The Balaban J connectivity index is 1.63. The van der Waals surface area contributed by atoms with E-state index in [1.807, 2.05) is 25.1 Å². The molecule has 0 aromatic heterocycles. The molecule has 2 aromatic carbocycles. The van der Waals surface area contributed by atoms with Gasteiger partial charge in [-0.2, -0.15) is 0 Å². The standard InChI is InChI=1S/C19H20FN3O2/c1-12-4-3-5-14(10-12)21-19(25)22-17-8-9-23(18(17)24)15-6-7-16(20)13(2)11-15/h3-7,10-11,17H,8-9H2,1-2H3,(H2,21,22,25)/t17-/m1/s1. The van der Waals surface area contributed by atoms with Crippen molar-refractivity contribution >= 4 is 23.3 Å². The highest BCUT2D eigenvalue weighted by Gasteiger charge is 2.33. The van der Waals surface area contributed by atoms with Gasteiger partial charge in [-0.25, -0.2) is 9.18 Å². The zero-order chi connectivity index (χ0) is 18.0. The van der Waals surface area contributed by atoms with E-state index < -0.39 is 12.1 Å². The van der Waals surface area contributed by atoms with Gasteiger partial charge in [-0.1, -0.05) is 12.1 Å². The molecule has 130 valence electrons. The van der Waals surface area contributed by atoms with Crippen molar-refractivity contribution in [2.75, 3.05) is 16.8 Å². The first-order valence-corrected chi connectivity index (χ1v) is 8.16. The van der Waals surface area contributed by atoms with Crippen LogP contribution in [0.4, 0.5) is 20.6 Å². The Morgan fingerprint density at radius 2 is 2.00 bits per heavy atom. The van der Waals surface area contributed by atoms with Crippen molar-refractivity contribution in [3.63, 3.8) is 0 Å². The van der Waals surface area contributed by atoms with Crippen LogP contribution in [-0.4, -0.2) is 24.5 Å². The van der Waals surface area contributed by atoms with Gasteiger partial charge < -0.3 is 15.5 Å². The molecule has 6 heteroatoms. The topological polar surface area (TPSA) is 61.4 Å². The van der Waals surface area contributed by atoms with Crippen molar-refractivity contribution in [3.8, 4) is 0 Å². The number of nitrogens with one attached hydrogen (secondary N) is 2. The number of nitrogens with zero attached hydrogens (tertiary/aromatic N) is 1. The molecule has 3 rings (SSSR count). The lowest BCUT2D eigenvalue weighted by molar-refractivity contribution is -0.118. The Morgan fingerprint density at radius 3 is 2.72 bits per heavy atom. The summed E-state index contributed by atoms with van der Waals surface area (Å²) in [5.41, 5.74) is 2.84. The average molecular weight is 341 g/mol. The minimum absolute atomic E-state index is 0.189. The molecule has 1 atom stereocenters. The monoisotopic (exact) mass is 341 g/mol. The van der Waals surface area contributed by atoms with E-state index in [1.165, 1.54) is 6.07 Å². The van der Waals surface area contributed by atoms with Gasteiger partial charge >= 0.3 is 6.03 Å². The number of carbonyl (C=O) groups excluding carboxylic acids is 2. The number of urea groups is 1. The number of anilines is 2. The third-order valence-electron chi connectivity index (χ3n) is 4.24. The van der Waals surface area contributed by atoms with E-state index in [0.29, 0.717) is 29.9 Å². The summed E-state index contributed by atoms with van der Waals surface area (Å²) in [6.45, 7) is 4.08. The molecule has 25 heavy (non-hydrogen) atoms. The maximum Gasteiger partial charge on any atom is 0.319 e. The highest BCUT2D eigenvalue weighted by Crippen LogP contribution is 2.24. The quantitative estimate of drug-likeness (QED) is 0.899. The summed E-state index contributed by atoms with van der Waals surface area (Å²) in [5.74, 6) is -0.493. The fourth-order valence-corrected chi connectivity index (χ4v) is 2.92. The van der Waals surface area contributed by atoms with Crippen LogP contribution in [0.3, 0.4) is 0 Å². The fourth-order valence-electron chi connectivity index (χ4n) is 2.92. The van der Waals surface area contributed by atoms with E-state index in [9.17, 15) is 14.0 Å². The van der Waals surface area contributed by atoms with Gasteiger partial charge in [0, 0.05) is 17.9 Å². The van der Waals surface area contributed by atoms with E-state index in [-0.39, 0.29) is 11.7 Å². The van der Waals surface area contributed by atoms with Crippen LogP contribution in [-0.2, 0) is 4.79 Å². The predicted molar refractivity (Wildman–Crippen MR) is 95.2 cm³/mol. The Morgan fingerprint density at radius 1 is 1.20 bits per heavy atom. The summed E-state index contributed by atoms with van der Waals surface area (Å²) >= 11 is 0. The van der Waals surface area contributed by atoms with Crippen molar-refractivity contribution in [3.05, 3.63) is 59.4 Å². The molecule has 0 spiro atoms. The molecule has 0 aliphatic carbocycles. The SMILES string of the molecule is Cc1cccc(NC(=O)N[C@@H]2CCN(c3ccc(F)c(C)c3)C2=O)c1. The largest absolute Gasteiger partial charge is 0.326 e. The second kappa shape index (κ2) is 6.93. The first-order chi connectivity index (χ1) is 11.9. The van der Waals surface area contributed by atoms with Crippen LogP contribution in [0.1, 0.15) is 17.5 Å². The molecule has 0 saturated carbocycles. The van der Waals surface area contributed by atoms with Crippen molar-refractivity contribution in [1.82, 2.24) is 5.32 Å². The number of amides is 3. The molecule has 0 radical (unpaired) electrons. The van der Waals surface area contributed by atoms with Gasteiger partial charge in [0.1, 0.15) is 11.9 Å². The summed E-state index contributed by atoms with van der Waals surface area (Å²) in [4.78, 5) is 26.2. The second-order valence-corrected chi connectivity index (χ2v) is 6.23. The normalized spacial score (nSPS) is 16.8. The minimum atomic E-state index is -0.588. The minimum Gasteiger partial charge on any atom is -0.326 e. The molecule has 1 saturated heterocycles. The number of carbonyl (C=O) groups is 2. The Bertz CT molecular complexity index is 822. The van der Waals surface area contributed by atoms with Crippen molar-refractivity contribution in [2.45, 2.75) is 26.3 Å². The Hall–Kier alpha value is -2.89. The van der Waals surface area contributed by atoms with E-state index in [4.69, 9.17) is 0 Å². The molecular formula is C19H20FN3O2. The molecule has 5 nitrogen and oxygen atoms in total. The van der Waals surface area contributed by atoms with Gasteiger partial charge in [0.2, 0.25) is 5.91 Å². The van der Waals surface area contributed by atoms with Crippen LogP contribution >= 0.6 is 0 Å². The maximum absolute atomic E-state index is 13.4. The van der Waals surface area contributed by atoms with Crippen molar-refractivity contribution in [2.24, 2.45) is 0 Å². The fraction of sp³-hybridized carbons (Fsp3) is 0.263. The van der Waals surface area contributed by atoms with Gasteiger partial charge in [-0.15, -0.1) is 0 Å². The lowest BCUT2D eigenvalue weighted by Gasteiger charge is -2.18. The third kappa shape index (κ3) is 3.79. The van der Waals surface area contributed by atoms with E-state index >= 15 is 0 Å². The maximum atomic E-state index is 13.4. The molecule has 1 fully saturated rings. The van der Waals surface area contributed by atoms with Crippen LogP contribution in [0, 0.1) is 19.7 Å². The van der Waals surface area contributed by atoms with Gasteiger partial charge in [0.05, 0.1) is 0 Å². The Kier molecular flexibility index (Phi) is 4.70. The van der Waals surface area contributed by atoms with E-state index in [2.05, 4.69) is 10.6 Å². The molecule has 0 unspecified atom stereocenters. The molecule has 0 bridgehead atoms. The Labute approximate surface area is 145 Å². The summed E-state index contributed by atoms with van der Waals surface area (Å²) in [6.07, 6.45) is 0.510. The summed E-state index contributed by atoms with van der Waals surface area (Å²) in [6, 6.07) is 11.0. The molecule has 1 heterocycles. The second-order valence-electron chi connectivity index (χ2n) is 6.23. The number of benzene rings is 2. The first kappa shape index (κ1) is 17.0. The highest BCUT2D eigenvalue weighted by atomic mass is 19.1. The van der Waals surface area contributed by atoms with Crippen LogP contribution < -0.4 is 15.5 Å². The molecule has 2 aromatic rings. The number of halogens is 1. The summed E-state index contributed by atoms with van der Waals surface area (Å²) in [5, 5.41) is 5.44. The summed E-state index contributed by atoms with van der Waals surface area (Å²) in [7, 11) is 0. The number of aryl methyl sites for hydroxylation is 2. The zero-order valence-electron chi connectivity index (χ0n) is 14.2. The van der Waals surface area contributed by atoms with Gasteiger partial charge in [0.15, 0.2) is 0 Å². The molecular weight excluding hydrogens is 321 g/mol. The van der Waals surface area contributed by atoms with Crippen LogP contribution in [0.2, 0.25) is 0 Å². The van der Waals surface area contributed by atoms with Gasteiger partial charge in [-0.3, -0.25) is 4.79 Å². The van der Waals surface area contributed by atoms with Gasteiger partial charge in [0.25, 0.3) is 0 Å². The van der Waals surface area contributed by atoms with Crippen LogP contribution in [0.25, 0.3) is 0 Å². The summed E-state index contributed by atoms with van der Waals surface area (Å²) < 4.78 is 13.4. The first-order valence-electron chi connectivity index (χ1n) is 8.16. The van der Waals surface area contributed by atoms with Crippen LogP contribution in [0.15, 0.2) is 42.5 Å². The lowest BCUT2D eigenvalue weighted by atomic mass is 10.2. The highest BCUT2D eigenvalue weighted by molar-refractivity contribution is 6.02. The average Bonchev–Trinajstić information content (AvgIpc) is 2.91. The van der Waals surface area contributed by atoms with Gasteiger partial charge in [-0.05, 0) is 61.7 Å². The number of rotatable bonds is 3. The molecule has 1 aliphatic rings. The smallest absolute Gasteiger partial charge is 0.319 e. The van der Waals surface area contributed by atoms with E-state index in [0.717, 1.165) is 5.56 Å². The predicted octanol–water partition coefficient (Wildman–Crippen LogP) is 3.37. The van der Waals surface area contributed by atoms with Crippen LogP contribution in [0.5, 0.6) is 0 Å². The molecule has 3 amide bonds. The third-order valence-corrected chi connectivity index (χ3v) is 4.24. The molecule has 1 aliphatic heterocycles. The lowest BCUT2D eigenvalue weighted by Crippen LogP contribution is -2.43.